The number of hydrogen-bond donors (Lipinski definition) is 2. The molecule has 0 amide bonds. The highest BCUT2D eigenvalue weighted by atomic mass is 16.1. The van der Waals surface area contributed by atoms with E-state index in [-0.39, 0.29) is 46.4 Å². The minimum absolute atomic E-state index is 0.0693. The Morgan fingerprint density at radius 3 is 1.62 bits per heavy atom. The van der Waals surface area contributed by atoms with Crippen molar-refractivity contribution in [3.63, 3.8) is 0 Å². The predicted octanol–water partition coefficient (Wildman–Crippen LogP) is 0.0224. The van der Waals surface area contributed by atoms with Crippen LogP contribution in [0.3, 0.4) is 0 Å². The third kappa shape index (κ3) is 2.61. The maximum Gasteiger partial charge on any atom is 0.268 e. The lowest BCUT2D eigenvalue weighted by Crippen LogP contribution is -2.38. The van der Waals surface area contributed by atoms with Gasteiger partial charge in [0, 0.05) is 36.6 Å². The highest BCUT2D eigenvalue weighted by molar-refractivity contribution is 5.54. The number of allylic oxidation sites excluding steroid dienone is 2. The van der Waals surface area contributed by atoms with Gasteiger partial charge >= 0.3 is 0 Å². The minimum atomic E-state index is -0.227. The largest absolute Gasteiger partial charge is 0.271 e. The van der Waals surface area contributed by atoms with Gasteiger partial charge in [0.15, 0.2) is 0 Å². The first-order valence-corrected chi connectivity index (χ1v) is 10.8. The van der Waals surface area contributed by atoms with E-state index in [1.54, 1.807) is 21.5 Å². The van der Waals surface area contributed by atoms with Crippen LogP contribution in [0.4, 0.5) is 0 Å². The highest BCUT2D eigenvalue weighted by Crippen LogP contribution is 2.50. The molecule has 0 spiro atoms. The molecule has 2 N–H and O–H groups in total. The fraction of sp³-hybridized carbons (Fsp3) is 0.300. The molecule has 6 heterocycles. The number of nitrogens with one attached hydrogen (secondary N) is 2. The van der Waals surface area contributed by atoms with Gasteiger partial charge in [0.05, 0.1) is 0 Å². The third-order valence-corrected chi connectivity index (χ3v) is 6.93. The zero-order valence-electron chi connectivity index (χ0n) is 17.5. The topological polar surface area (TPSA) is 179 Å². The number of H-pyrrole nitrogens is 2. The quantitative estimate of drug-likeness (QED) is 0.418. The second-order valence-electron chi connectivity index (χ2n) is 8.58. The standard InChI is InChI=1S/C20H16N12O2/c33-19-13(15-23-27-28-24-15)7-21-17-11-6-10-2-4-32-18(12(10)5-9(11)1-3-31(17)19)22-8-14(20(32)34)16-25-29-30-26-16/h1-4,7-12H,5-6H2,(H,23,24,27,28)(H,25,26,29,30). The van der Waals surface area contributed by atoms with Gasteiger partial charge < -0.3 is 0 Å². The van der Waals surface area contributed by atoms with Crippen LogP contribution in [0.5, 0.6) is 0 Å². The first-order chi connectivity index (χ1) is 16.7. The highest BCUT2D eigenvalue weighted by Gasteiger charge is 2.42. The summed E-state index contributed by atoms with van der Waals surface area (Å²) in [6.45, 7) is 0. The lowest BCUT2D eigenvalue weighted by Gasteiger charge is -2.42. The fourth-order valence-electron chi connectivity index (χ4n) is 5.34. The van der Waals surface area contributed by atoms with Crippen molar-refractivity contribution in [1.82, 2.24) is 60.4 Å². The van der Waals surface area contributed by atoms with E-state index in [4.69, 9.17) is 0 Å². The molecule has 4 atom stereocenters. The van der Waals surface area contributed by atoms with Crippen molar-refractivity contribution in [2.24, 2.45) is 11.8 Å². The summed E-state index contributed by atoms with van der Waals surface area (Å²) in [7, 11) is 0. The molecule has 4 aromatic rings. The van der Waals surface area contributed by atoms with Crippen molar-refractivity contribution in [3.05, 3.63) is 56.9 Å². The summed E-state index contributed by atoms with van der Waals surface area (Å²) >= 11 is 0. The van der Waals surface area contributed by atoms with Crippen molar-refractivity contribution in [1.29, 1.82) is 0 Å². The number of fused-ring (bicyclic) bond motifs is 6. The first kappa shape index (κ1) is 18.9. The predicted molar refractivity (Wildman–Crippen MR) is 116 cm³/mol. The molecule has 1 saturated carbocycles. The Kier molecular flexibility index (Phi) is 3.86. The molecule has 0 aromatic carbocycles. The molecule has 14 nitrogen and oxygen atoms in total. The molecule has 7 rings (SSSR count). The van der Waals surface area contributed by atoms with Crippen molar-refractivity contribution >= 4 is 12.4 Å². The van der Waals surface area contributed by atoms with E-state index in [0.717, 1.165) is 24.5 Å². The molecule has 0 saturated heterocycles. The molecule has 1 fully saturated rings. The summed E-state index contributed by atoms with van der Waals surface area (Å²) in [4.78, 5) is 35.4. The van der Waals surface area contributed by atoms with Crippen LogP contribution in [-0.4, -0.2) is 60.4 Å². The number of nitrogens with zero attached hydrogens (tertiary/aromatic N) is 10. The van der Waals surface area contributed by atoms with Crippen molar-refractivity contribution in [2.75, 3.05) is 0 Å². The van der Waals surface area contributed by atoms with Gasteiger partial charge in [-0.2, -0.15) is 10.4 Å². The van der Waals surface area contributed by atoms with E-state index < -0.39 is 0 Å². The average molecular weight is 456 g/mol. The van der Waals surface area contributed by atoms with Crippen LogP contribution < -0.4 is 11.1 Å². The van der Waals surface area contributed by atoms with Crippen LogP contribution in [0.25, 0.3) is 35.2 Å². The van der Waals surface area contributed by atoms with E-state index >= 15 is 0 Å². The van der Waals surface area contributed by atoms with E-state index in [1.165, 1.54) is 12.4 Å². The van der Waals surface area contributed by atoms with E-state index in [2.05, 4.69) is 51.2 Å². The molecule has 34 heavy (non-hydrogen) atoms. The molecular formula is C20H16N12O2. The number of aromatic amines is 2. The number of tetrazole rings is 2. The molecule has 168 valence electrons. The Labute approximate surface area is 189 Å². The summed E-state index contributed by atoms with van der Waals surface area (Å²) < 4.78 is 3.15. The summed E-state index contributed by atoms with van der Waals surface area (Å²) in [5.41, 5.74) is 0.133. The van der Waals surface area contributed by atoms with Crippen LogP contribution in [-0.2, 0) is 0 Å². The molecule has 1 aliphatic carbocycles. The number of hydrogen-bond acceptors (Lipinski definition) is 10. The number of rotatable bonds is 2. The van der Waals surface area contributed by atoms with Crippen LogP contribution in [0.2, 0.25) is 0 Å². The Bertz CT molecular complexity index is 1460. The normalized spacial score (nSPS) is 24.2. The van der Waals surface area contributed by atoms with Crippen LogP contribution in [0.15, 0.2) is 34.1 Å². The van der Waals surface area contributed by atoms with Gasteiger partial charge in [-0.3, -0.25) is 18.7 Å². The van der Waals surface area contributed by atoms with Crippen LogP contribution in [0.1, 0.15) is 36.3 Å². The average Bonchev–Trinajstić information content (AvgIpc) is 3.58. The molecule has 3 aliphatic rings. The summed E-state index contributed by atoms with van der Waals surface area (Å²) in [5, 5.41) is 27.4. The van der Waals surface area contributed by atoms with Gasteiger partial charge in [0.2, 0.25) is 11.6 Å². The van der Waals surface area contributed by atoms with Gasteiger partial charge in [-0.05, 0) is 35.1 Å². The van der Waals surface area contributed by atoms with Crippen molar-refractivity contribution in [3.8, 4) is 22.8 Å². The number of aromatic nitrogens is 12. The molecule has 4 aromatic heterocycles. The second-order valence-corrected chi connectivity index (χ2v) is 8.58. The van der Waals surface area contributed by atoms with Crippen LogP contribution in [0, 0.1) is 11.8 Å². The Morgan fingerprint density at radius 2 is 1.21 bits per heavy atom. The van der Waals surface area contributed by atoms with Crippen molar-refractivity contribution < 1.29 is 0 Å². The smallest absolute Gasteiger partial charge is 0.268 e. The van der Waals surface area contributed by atoms with Crippen LogP contribution >= 0.6 is 0 Å². The lowest BCUT2D eigenvalue weighted by atomic mass is 9.66. The minimum Gasteiger partial charge on any atom is -0.271 e. The summed E-state index contributed by atoms with van der Waals surface area (Å²) in [6, 6.07) is 0. The van der Waals surface area contributed by atoms with Gasteiger partial charge in [-0.15, -0.1) is 20.4 Å². The van der Waals surface area contributed by atoms with Gasteiger partial charge in [0.1, 0.15) is 22.8 Å². The molecule has 4 unspecified atom stereocenters. The molecular weight excluding hydrogens is 440 g/mol. The molecule has 2 aliphatic heterocycles. The Balaban J connectivity index is 1.25. The molecule has 0 bridgehead atoms. The monoisotopic (exact) mass is 456 g/mol. The second kappa shape index (κ2) is 6.94. The zero-order chi connectivity index (χ0) is 22.8. The third-order valence-electron chi connectivity index (χ3n) is 6.93. The Hall–Kier alpha value is -4.62. The first-order valence-electron chi connectivity index (χ1n) is 10.8. The molecule has 14 heteroatoms. The van der Waals surface area contributed by atoms with E-state index in [1.807, 2.05) is 12.2 Å². The zero-order valence-corrected chi connectivity index (χ0v) is 17.5. The lowest BCUT2D eigenvalue weighted by molar-refractivity contribution is 0.243. The van der Waals surface area contributed by atoms with Crippen molar-refractivity contribution in [2.45, 2.75) is 24.7 Å². The van der Waals surface area contributed by atoms with Gasteiger partial charge in [-0.1, -0.05) is 12.2 Å². The fourth-order valence-corrected chi connectivity index (χ4v) is 5.34. The maximum absolute atomic E-state index is 13.1. The SMILES string of the molecule is O=c1c(-c2nn[nH]n2)cnc2n1C=CC1CC3c4ncc(-c5nn[nH]n5)c(=O)n4C=CC3CC21. The van der Waals surface area contributed by atoms with Gasteiger partial charge in [0.25, 0.3) is 11.1 Å². The Morgan fingerprint density at radius 1 is 0.735 bits per heavy atom. The summed E-state index contributed by atoms with van der Waals surface area (Å²) in [6.07, 6.45) is 12.3. The van der Waals surface area contributed by atoms with E-state index in [0.29, 0.717) is 11.1 Å². The van der Waals surface area contributed by atoms with E-state index in [9.17, 15) is 9.59 Å². The maximum atomic E-state index is 13.1. The molecule has 0 radical (unpaired) electrons. The van der Waals surface area contributed by atoms with Gasteiger partial charge in [-0.25, -0.2) is 9.97 Å². The summed E-state index contributed by atoms with van der Waals surface area (Å²) in [5.74, 6) is 2.35.